The van der Waals surface area contributed by atoms with Crippen LogP contribution in [0.1, 0.15) is 29.5 Å². The summed E-state index contributed by atoms with van der Waals surface area (Å²) < 4.78 is 0. The molecule has 110 valence electrons. The third kappa shape index (κ3) is 1.57. The zero-order valence-corrected chi connectivity index (χ0v) is 12.9. The van der Waals surface area contributed by atoms with Crippen LogP contribution in [0.25, 0.3) is 10.8 Å². The van der Waals surface area contributed by atoms with Gasteiger partial charge in [0.05, 0.1) is 0 Å². The van der Waals surface area contributed by atoms with Gasteiger partial charge in [-0.15, -0.1) is 0 Å². The molecular weight excluding hydrogens is 268 g/mol. The van der Waals surface area contributed by atoms with Crippen LogP contribution in [0.5, 0.6) is 0 Å². The fourth-order valence-corrected chi connectivity index (χ4v) is 5.11. The van der Waals surface area contributed by atoms with Gasteiger partial charge in [0, 0.05) is 11.8 Å². The normalized spacial score (nSPS) is 32.1. The molecule has 1 fully saturated rings. The quantitative estimate of drug-likeness (QED) is 0.657. The number of hydrogen-bond acceptors (Lipinski definition) is 1. The summed E-state index contributed by atoms with van der Waals surface area (Å²) in [7, 11) is 0. The van der Waals surface area contributed by atoms with E-state index in [2.05, 4.69) is 49.4 Å². The number of allylic oxidation sites excluding steroid dienone is 2. The van der Waals surface area contributed by atoms with E-state index in [0.717, 1.165) is 12.8 Å². The monoisotopic (exact) mass is 288 g/mol. The van der Waals surface area contributed by atoms with E-state index in [0.29, 0.717) is 24.0 Å². The Morgan fingerprint density at radius 1 is 1.05 bits per heavy atom. The van der Waals surface area contributed by atoms with Crippen molar-refractivity contribution in [3.05, 3.63) is 59.2 Å². The van der Waals surface area contributed by atoms with Gasteiger partial charge in [-0.1, -0.05) is 48.0 Å². The van der Waals surface area contributed by atoms with Crippen molar-refractivity contribution in [1.82, 2.24) is 0 Å². The van der Waals surface area contributed by atoms with E-state index in [9.17, 15) is 4.79 Å². The second-order valence-corrected chi connectivity index (χ2v) is 7.60. The Morgan fingerprint density at radius 3 is 2.68 bits per heavy atom. The Hall–Kier alpha value is -1.89. The summed E-state index contributed by atoms with van der Waals surface area (Å²) in [6, 6.07) is 11.2. The Balaban J connectivity index is 1.65. The molecule has 0 aromatic heterocycles. The van der Waals surface area contributed by atoms with Crippen LogP contribution in [0.15, 0.2) is 42.5 Å². The molecule has 3 unspecified atom stereocenters. The molecule has 1 spiro atoms. The first-order valence-corrected chi connectivity index (χ1v) is 8.38. The molecule has 3 atom stereocenters. The molecule has 3 aliphatic rings. The highest BCUT2D eigenvalue weighted by atomic mass is 16.1. The van der Waals surface area contributed by atoms with Crippen LogP contribution in [0.3, 0.4) is 0 Å². The minimum absolute atomic E-state index is 0.0786. The first-order valence-electron chi connectivity index (χ1n) is 8.38. The predicted octanol–water partition coefficient (Wildman–Crippen LogP) is 4.40. The number of rotatable bonds is 0. The number of carbonyl (C=O) groups excluding carboxylic acids is 1. The summed E-state index contributed by atoms with van der Waals surface area (Å²) in [5.74, 6) is 1.63. The van der Waals surface area contributed by atoms with Crippen molar-refractivity contribution in [2.24, 2.45) is 17.3 Å². The van der Waals surface area contributed by atoms with Gasteiger partial charge in [-0.3, -0.25) is 4.79 Å². The number of fused-ring (bicyclic) bond motifs is 5. The maximum absolute atomic E-state index is 12.9. The Kier molecular flexibility index (Phi) is 2.35. The number of ketones is 1. The zero-order valence-electron chi connectivity index (χ0n) is 12.9. The van der Waals surface area contributed by atoms with Crippen LogP contribution in [0.4, 0.5) is 0 Å². The van der Waals surface area contributed by atoms with Crippen LogP contribution >= 0.6 is 0 Å². The van der Waals surface area contributed by atoms with Crippen molar-refractivity contribution in [2.45, 2.75) is 32.6 Å². The van der Waals surface area contributed by atoms with Crippen molar-refractivity contribution in [3.8, 4) is 0 Å². The topological polar surface area (TPSA) is 17.1 Å². The van der Waals surface area contributed by atoms with E-state index in [1.807, 2.05) is 0 Å². The van der Waals surface area contributed by atoms with E-state index in [-0.39, 0.29) is 5.41 Å². The highest BCUT2D eigenvalue weighted by molar-refractivity contribution is 5.93. The lowest BCUT2D eigenvalue weighted by Gasteiger charge is -2.38. The second-order valence-electron chi connectivity index (χ2n) is 7.60. The molecule has 3 aliphatic carbocycles. The Bertz CT molecular complexity index is 844. The van der Waals surface area contributed by atoms with Gasteiger partial charge in [0.15, 0.2) is 0 Å². The van der Waals surface area contributed by atoms with E-state index < -0.39 is 0 Å². The van der Waals surface area contributed by atoms with Crippen molar-refractivity contribution in [2.75, 3.05) is 0 Å². The van der Waals surface area contributed by atoms with Crippen LogP contribution < -0.4 is 0 Å². The molecule has 0 N–H and O–H groups in total. The maximum Gasteiger partial charge on any atom is 0.144 e. The Morgan fingerprint density at radius 2 is 1.91 bits per heavy atom. The van der Waals surface area contributed by atoms with E-state index >= 15 is 0 Å². The zero-order chi connectivity index (χ0) is 14.9. The van der Waals surface area contributed by atoms with Gasteiger partial charge in [0.25, 0.3) is 0 Å². The van der Waals surface area contributed by atoms with Gasteiger partial charge in [-0.2, -0.15) is 0 Å². The van der Waals surface area contributed by atoms with Gasteiger partial charge in [-0.25, -0.2) is 0 Å². The average Bonchev–Trinajstić information content (AvgIpc) is 3.08. The molecular formula is C21H20O. The summed E-state index contributed by atoms with van der Waals surface area (Å²) in [5, 5.41) is 2.59. The van der Waals surface area contributed by atoms with Crippen LogP contribution in [-0.4, -0.2) is 5.78 Å². The van der Waals surface area contributed by atoms with E-state index in [1.165, 1.54) is 33.9 Å². The smallest absolute Gasteiger partial charge is 0.144 e. The van der Waals surface area contributed by atoms with E-state index in [4.69, 9.17) is 0 Å². The number of aryl methyl sites for hydroxylation is 1. The highest BCUT2D eigenvalue weighted by Gasteiger charge is 2.54. The lowest BCUT2D eigenvalue weighted by Crippen LogP contribution is -2.41. The fraction of sp³-hybridized carbons (Fsp3) is 0.381. The molecule has 0 radical (unpaired) electrons. The molecule has 1 saturated carbocycles. The molecule has 1 heteroatoms. The van der Waals surface area contributed by atoms with Crippen molar-refractivity contribution < 1.29 is 4.79 Å². The molecule has 22 heavy (non-hydrogen) atoms. The van der Waals surface area contributed by atoms with Crippen molar-refractivity contribution in [1.29, 1.82) is 0 Å². The summed E-state index contributed by atoms with van der Waals surface area (Å²) in [5.41, 5.74) is 3.88. The molecule has 0 heterocycles. The van der Waals surface area contributed by atoms with Gasteiger partial charge in [0.2, 0.25) is 0 Å². The molecule has 5 rings (SSSR count). The number of hydrogen-bond donors (Lipinski definition) is 0. The molecule has 2 aromatic rings. The number of Topliss-reactive ketones (excluding diaryl/α,β-unsaturated/α-hetero) is 1. The van der Waals surface area contributed by atoms with Crippen LogP contribution in [-0.2, 0) is 17.6 Å². The molecule has 0 aliphatic heterocycles. The number of carbonyl (C=O) groups is 1. The fourth-order valence-electron chi connectivity index (χ4n) is 5.11. The van der Waals surface area contributed by atoms with E-state index in [1.54, 1.807) is 0 Å². The minimum Gasteiger partial charge on any atom is -0.299 e. The van der Waals surface area contributed by atoms with Crippen LogP contribution in [0.2, 0.25) is 0 Å². The largest absolute Gasteiger partial charge is 0.299 e. The number of benzene rings is 2. The Labute approximate surface area is 131 Å². The highest BCUT2D eigenvalue weighted by Crippen LogP contribution is 2.56. The van der Waals surface area contributed by atoms with Gasteiger partial charge >= 0.3 is 0 Å². The average molecular weight is 288 g/mol. The SMILES string of the molecule is Cc1ccc2cc3c(cc2c1)CC(=O)C1(C3)CC2C=CC1C2. The summed E-state index contributed by atoms with van der Waals surface area (Å²) in [4.78, 5) is 12.9. The summed E-state index contributed by atoms with van der Waals surface area (Å²) in [6.45, 7) is 2.13. The lowest BCUT2D eigenvalue weighted by molar-refractivity contribution is -0.130. The summed E-state index contributed by atoms with van der Waals surface area (Å²) in [6.07, 6.45) is 8.53. The molecule has 1 nitrogen and oxygen atoms in total. The molecule has 2 aromatic carbocycles. The summed E-state index contributed by atoms with van der Waals surface area (Å²) >= 11 is 0. The first kappa shape index (κ1) is 12.6. The maximum atomic E-state index is 12.9. The molecule has 0 amide bonds. The molecule has 2 bridgehead atoms. The van der Waals surface area contributed by atoms with Crippen molar-refractivity contribution in [3.63, 3.8) is 0 Å². The first-order chi connectivity index (χ1) is 10.6. The third-order valence-electron chi connectivity index (χ3n) is 6.23. The molecule has 0 saturated heterocycles. The standard InChI is InChI=1S/C21H20O/c1-13-2-4-15-8-18-12-21(11-14-3-5-19(21)7-14)20(22)10-17(18)9-16(15)6-13/h2-6,8-9,14,19H,7,10-12H2,1H3. The van der Waals surface area contributed by atoms with Crippen LogP contribution in [0, 0.1) is 24.2 Å². The van der Waals surface area contributed by atoms with Gasteiger partial charge in [0.1, 0.15) is 5.78 Å². The predicted molar refractivity (Wildman–Crippen MR) is 88.9 cm³/mol. The minimum atomic E-state index is -0.0786. The van der Waals surface area contributed by atoms with Gasteiger partial charge < -0.3 is 0 Å². The van der Waals surface area contributed by atoms with Crippen molar-refractivity contribution >= 4 is 16.6 Å². The second kappa shape index (κ2) is 4.10. The third-order valence-corrected chi connectivity index (χ3v) is 6.23. The van der Waals surface area contributed by atoms with Gasteiger partial charge in [-0.05, 0) is 59.9 Å². The lowest BCUT2D eigenvalue weighted by atomic mass is 9.63.